The molecule has 0 radical (unpaired) electrons. The molecule has 0 aliphatic carbocycles. The molecule has 0 atom stereocenters. The second-order valence-electron chi connectivity index (χ2n) is 17.2. The van der Waals surface area contributed by atoms with E-state index in [4.69, 9.17) is 8.83 Å². The van der Waals surface area contributed by atoms with Gasteiger partial charge in [-0.2, -0.15) is 0 Å². The SMILES string of the molecule is c1ccc(-c2ccc(-c3ccc(N(c4ccc(-c5ccc6c(c5)oc5ccccc56)cc4)c4ccccc4-c4ccc5oc6c7ccccc7ccc6c5c4)cc3)cc2-c2ccccc2)cc1. The van der Waals surface area contributed by atoms with Crippen LogP contribution in [0.5, 0.6) is 0 Å². The maximum atomic E-state index is 6.55. The Morgan fingerprint density at radius 2 is 0.806 bits per heavy atom. The molecule has 13 rings (SSSR count). The molecule has 13 aromatic rings. The monoisotopic (exact) mass is 855 g/mol. The number of para-hydroxylation sites is 2. The molecular weight excluding hydrogens is 815 g/mol. The van der Waals surface area contributed by atoms with Crippen molar-refractivity contribution in [1.82, 2.24) is 0 Å². The van der Waals surface area contributed by atoms with E-state index in [1.54, 1.807) is 0 Å². The van der Waals surface area contributed by atoms with Crippen LogP contribution < -0.4 is 4.90 Å². The lowest BCUT2D eigenvalue weighted by Crippen LogP contribution is -2.11. The minimum absolute atomic E-state index is 0.878. The van der Waals surface area contributed by atoms with Crippen LogP contribution in [-0.4, -0.2) is 0 Å². The van der Waals surface area contributed by atoms with Crippen molar-refractivity contribution in [3.63, 3.8) is 0 Å². The molecule has 0 unspecified atom stereocenters. The molecule has 2 heterocycles. The van der Waals surface area contributed by atoms with Gasteiger partial charge in [0.1, 0.15) is 22.3 Å². The fraction of sp³-hybridized carbons (Fsp3) is 0. The van der Waals surface area contributed by atoms with Gasteiger partial charge in [0, 0.05) is 43.9 Å². The van der Waals surface area contributed by atoms with E-state index in [0.717, 1.165) is 99.7 Å². The molecule has 0 amide bonds. The molecule has 3 heteroatoms. The molecular formula is C64H41NO2. The molecule has 2 aromatic heterocycles. The van der Waals surface area contributed by atoms with Gasteiger partial charge in [-0.3, -0.25) is 0 Å². The Hall–Kier alpha value is -8.92. The number of benzene rings is 11. The second-order valence-corrected chi connectivity index (χ2v) is 17.2. The number of nitrogens with zero attached hydrogens (tertiary/aromatic N) is 1. The van der Waals surface area contributed by atoms with Gasteiger partial charge < -0.3 is 13.7 Å². The third-order valence-electron chi connectivity index (χ3n) is 13.3. The Labute approximate surface area is 388 Å². The van der Waals surface area contributed by atoms with Crippen LogP contribution in [0.3, 0.4) is 0 Å². The van der Waals surface area contributed by atoms with Crippen molar-refractivity contribution in [2.24, 2.45) is 0 Å². The standard InChI is InChI=1S/C64H41NO2/c1-3-13-44(14-4-1)52-35-28-47(39-58(52)45-15-5-2-6-16-45)42-23-31-50(32-24-42)65(51-33-25-43(26-34-51)48-29-36-56-55-20-10-12-22-61(55)66-63(56)41-48)60-21-11-9-18-53(60)49-30-38-62-59(40-49)57-37-27-46-17-7-8-19-54(46)64(57)67-62/h1-41H. The first kappa shape index (κ1) is 38.5. The van der Waals surface area contributed by atoms with Gasteiger partial charge in [0.15, 0.2) is 0 Å². The van der Waals surface area contributed by atoms with Gasteiger partial charge in [0.05, 0.1) is 5.69 Å². The Kier molecular flexibility index (Phi) is 9.17. The number of anilines is 3. The predicted molar refractivity (Wildman–Crippen MR) is 280 cm³/mol. The summed E-state index contributed by atoms with van der Waals surface area (Å²) in [6.07, 6.45) is 0. The number of furan rings is 2. The molecule has 0 bridgehead atoms. The minimum Gasteiger partial charge on any atom is -0.456 e. The van der Waals surface area contributed by atoms with Crippen LogP contribution in [-0.2, 0) is 0 Å². The average molecular weight is 856 g/mol. The fourth-order valence-corrected chi connectivity index (χ4v) is 9.97. The zero-order valence-electron chi connectivity index (χ0n) is 36.4. The molecule has 3 nitrogen and oxygen atoms in total. The minimum atomic E-state index is 0.878. The summed E-state index contributed by atoms with van der Waals surface area (Å²) < 4.78 is 12.8. The Morgan fingerprint density at radius 1 is 0.254 bits per heavy atom. The van der Waals surface area contributed by atoms with Crippen molar-refractivity contribution in [2.45, 2.75) is 0 Å². The quantitative estimate of drug-likeness (QED) is 0.152. The van der Waals surface area contributed by atoms with Gasteiger partial charge in [0.25, 0.3) is 0 Å². The Balaban J connectivity index is 0.927. The van der Waals surface area contributed by atoms with Crippen molar-refractivity contribution in [2.75, 3.05) is 4.90 Å². The van der Waals surface area contributed by atoms with Gasteiger partial charge in [-0.15, -0.1) is 0 Å². The summed E-state index contributed by atoms with van der Waals surface area (Å²) in [6, 6.07) is 89.0. The van der Waals surface area contributed by atoms with Crippen molar-refractivity contribution in [1.29, 1.82) is 0 Å². The van der Waals surface area contributed by atoms with Gasteiger partial charge in [-0.25, -0.2) is 0 Å². The highest BCUT2D eigenvalue weighted by Gasteiger charge is 2.20. The smallest absolute Gasteiger partial charge is 0.143 e. The molecule has 314 valence electrons. The highest BCUT2D eigenvalue weighted by molar-refractivity contribution is 6.16. The van der Waals surface area contributed by atoms with Crippen LogP contribution >= 0.6 is 0 Å². The number of rotatable bonds is 8. The molecule has 0 saturated heterocycles. The van der Waals surface area contributed by atoms with Crippen LogP contribution in [0.15, 0.2) is 258 Å². The molecule has 67 heavy (non-hydrogen) atoms. The topological polar surface area (TPSA) is 29.5 Å². The van der Waals surface area contributed by atoms with E-state index < -0.39 is 0 Å². The Bertz CT molecular complexity index is 3960. The van der Waals surface area contributed by atoms with Gasteiger partial charge in [-0.1, -0.05) is 176 Å². The number of hydrogen-bond donors (Lipinski definition) is 0. The largest absolute Gasteiger partial charge is 0.456 e. The summed E-state index contributed by atoms with van der Waals surface area (Å²) in [5, 5.41) is 6.77. The molecule has 0 saturated carbocycles. The van der Waals surface area contributed by atoms with Crippen molar-refractivity contribution in [3.8, 4) is 55.6 Å². The highest BCUT2D eigenvalue weighted by Crippen LogP contribution is 2.45. The molecule has 0 spiro atoms. The molecule has 0 aliphatic rings. The average Bonchev–Trinajstić information content (AvgIpc) is 3.98. The zero-order chi connectivity index (χ0) is 44.3. The molecule has 0 aliphatic heterocycles. The maximum absolute atomic E-state index is 6.55. The van der Waals surface area contributed by atoms with Crippen molar-refractivity contribution in [3.05, 3.63) is 249 Å². The summed E-state index contributed by atoms with van der Waals surface area (Å²) in [6.45, 7) is 0. The fourth-order valence-electron chi connectivity index (χ4n) is 9.97. The van der Waals surface area contributed by atoms with Gasteiger partial charge in [-0.05, 0) is 128 Å². The lowest BCUT2D eigenvalue weighted by atomic mass is 9.91. The van der Waals surface area contributed by atoms with E-state index >= 15 is 0 Å². The van der Waals surface area contributed by atoms with E-state index in [2.05, 4.69) is 241 Å². The van der Waals surface area contributed by atoms with E-state index in [0.29, 0.717) is 0 Å². The molecule has 0 N–H and O–H groups in total. The first-order valence-electron chi connectivity index (χ1n) is 22.8. The third kappa shape index (κ3) is 6.76. The summed E-state index contributed by atoms with van der Waals surface area (Å²) in [7, 11) is 0. The lowest BCUT2D eigenvalue weighted by Gasteiger charge is -2.28. The highest BCUT2D eigenvalue weighted by atomic mass is 16.3. The molecule has 11 aromatic carbocycles. The lowest BCUT2D eigenvalue weighted by molar-refractivity contribution is 0.669. The molecule has 0 fully saturated rings. The first-order chi connectivity index (χ1) is 33.2. The van der Waals surface area contributed by atoms with Crippen LogP contribution in [0, 0.1) is 0 Å². The van der Waals surface area contributed by atoms with Crippen molar-refractivity contribution >= 4 is 71.7 Å². The number of fused-ring (bicyclic) bond motifs is 8. The van der Waals surface area contributed by atoms with Gasteiger partial charge >= 0.3 is 0 Å². The van der Waals surface area contributed by atoms with Gasteiger partial charge in [0.2, 0.25) is 0 Å². The van der Waals surface area contributed by atoms with Crippen LogP contribution in [0.4, 0.5) is 17.1 Å². The summed E-state index contributed by atoms with van der Waals surface area (Å²) >= 11 is 0. The van der Waals surface area contributed by atoms with Crippen LogP contribution in [0.25, 0.3) is 110 Å². The van der Waals surface area contributed by atoms with E-state index in [9.17, 15) is 0 Å². The Morgan fingerprint density at radius 3 is 1.57 bits per heavy atom. The van der Waals surface area contributed by atoms with Crippen molar-refractivity contribution < 1.29 is 8.83 Å². The zero-order valence-corrected chi connectivity index (χ0v) is 36.4. The van der Waals surface area contributed by atoms with E-state index in [-0.39, 0.29) is 0 Å². The van der Waals surface area contributed by atoms with Crippen LogP contribution in [0.1, 0.15) is 0 Å². The normalized spacial score (nSPS) is 11.6. The second kappa shape index (κ2) is 16.0. The van der Waals surface area contributed by atoms with E-state index in [1.165, 1.54) is 27.6 Å². The van der Waals surface area contributed by atoms with E-state index in [1.807, 2.05) is 12.1 Å². The van der Waals surface area contributed by atoms with Crippen LogP contribution in [0.2, 0.25) is 0 Å². The number of hydrogen-bond acceptors (Lipinski definition) is 3. The predicted octanol–water partition coefficient (Wildman–Crippen LogP) is 18.4. The maximum Gasteiger partial charge on any atom is 0.143 e. The summed E-state index contributed by atoms with van der Waals surface area (Å²) in [5.41, 5.74) is 18.4. The summed E-state index contributed by atoms with van der Waals surface area (Å²) in [4.78, 5) is 2.38. The third-order valence-corrected chi connectivity index (χ3v) is 13.3. The summed E-state index contributed by atoms with van der Waals surface area (Å²) in [5.74, 6) is 0. The first-order valence-corrected chi connectivity index (χ1v) is 22.8.